The van der Waals surface area contributed by atoms with Gasteiger partial charge in [0.2, 0.25) is 5.88 Å². The first-order valence-corrected chi connectivity index (χ1v) is 11.0. The molecule has 3 N–H and O–H groups in total. The number of fused-ring (bicyclic) bond motifs is 1. The average molecular weight is 460 g/mol. The maximum Gasteiger partial charge on any atom is 0.407 e. The van der Waals surface area contributed by atoms with Gasteiger partial charge in [-0.15, -0.1) is 0 Å². The van der Waals surface area contributed by atoms with Gasteiger partial charge in [-0.25, -0.2) is 19.6 Å². The Hall–Kier alpha value is -4.34. The molecule has 1 aliphatic rings. The van der Waals surface area contributed by atoms with Crippen LogP contribution in [0.5, 0.6) is 5.88 Å². The third-order valence-electron chi connectivity index (χ3n) is 6.05. The first kappa shape index (κ1) is 21.5. The topological polar surface area (TPSA) is 128 Å². The molecule has 174 valence electrons. The van der Waals surface area contributed by atoms with Crippen LogP contribution in [0.15, 0.2) is 65.7 Å². The Morgan fingerprint density at radius 3 is 2.71 bits per heavy atom. The minimum Gasteiger partial charge on any atom is -0.473 e. The van der Waals surface area contributed by atoms with E-state index in [4.69, 9.17) is 10.5 Å². The zero-order valence-electron chi connectivity index (χ0n) is 18.4. The van der Waals surface area contributed by atoms with Crippen LogP contribution in [-0.4, -0.2) is 48.3 Å². The van der Waals surface area contributed by atoms with E-state index in [-0.39, 0.29) is 24.1 Å². The van der Waals surface area contributed by atoms with E-state index < -0.39 is 6.09 Å². The summed E-state index contributed by atoms with van der Waals surface area (Å²) in [4.78, 5) is 35.0. The summed E-state index contributed by atoms with van der Waals surface area (Å²) in [5.41, 5.74) is 8.50. The van der Waals surface area contributed by atoms with Crippen molar-refractivity contribution in [3.05, 3.63) is 77.0 Å². The summed E-state index contributed by atoms with van der Waals surface area (Å²) in [6.45, 7) is 1.07. The number of nitrogens with zero attached hydrogens (tertiary/aromatic N) is 5. The highest BCUT2D eigenvalue weighted by atomic mass is 16.5. The number of carbonyl (C=O) groups is 1. The van der Waals surface area contributed by atoms with Crippen LogP contribution >= 0.6 is 0 Å². The second kappa shape index (κ2) is 8.89. The van der Waals surface area contributed by atoms with Crippen molar-refractivity contribution < 1.29 is 14.6 Å². The van der Waals surface area contributed by atoms with Crippen LogP contribution in [0.3, 0.4) is 0 Å². The normalized spacial score (nSPS) is 16.0. The van der Waals surface area contributed by atoms with Gasteiger partial charge >= 0.3 is 11.8 Å². The smallest absolute Gasteiger partial charge is 0.407 e. The molecule has 10 heteroatoms. The van der Waals surface area contributed by atoms with Crippen LogP contribution in [0.2, 0.25) is 0 Å². The van der Waals surface area contributed by atoms with Gasteiger partial charge in [0.05, 0.1) is 23.4 Å². The predicted octanol–water partition coefficient (Wildman–Crippen LogP) is 3.06. The largest absolute Gasteiger partial charge is 0.473 e. The van der Waals surface area contributed by atoms with Crippen LogP contribution in [-0.2, 0) is 6.61 Å². The molecule has 1 saturated heterocycles. The number of nitrogen functional groups attached to an aromatic ring is 1. The van der Waals surface area contributed by atoms with Gasteiger partial charge in [0, 0.05) is 25.4 Å². The molecule has 10 nitrogen and oxygen atoms in total. The summed E-state index contributed by atoms with van der Waals surface area (Å²) in [7, 11) is 0. The second-order valence-electron chi connectivity index (χ2n) is 8.21. The minimum absolute atomic E-state index is 0.212. The van der Waals surface area contributed by atoms with E-state index >= 15 is 0 Å². The van der Waals surface area contributed by atoms with Gasteiger partial charge in [0.1, 0.15) is 17.9 Å². The molecule has 4 heterocycles. The number of anilines is 1. The number of hydrogen-bond acceptors (Lipinski definition) is 6. The fourth-order valence-corrected chi connectivity index (χ4v) is 4.44. The maximum atomic E-state index is 13.6. The molecule has 0 saturated carbocycles. The second-order valence-corrected chi connectivity index (χ2v) is 8.21. The van der Waals surface area contributed by atoms with E-state index in [1.807, 2.05) is 30.3 Å². The predicted molar refractivity (Wildman–Crippen MR) is 126 cm³/mol. The number of aromatic nitrogens is 4. The van der Waals surface area contributed by atoms with Crippen LogP contribution in [0.1, 0.15) is 24.4 Å². The number of nitrogens with two attached hydrogens (primary N) is 1. The number of likely N-dealkylation sites (tertiary alicyclic amines) is 1. The number of imidazole rings is 1. The van der Waals surface area contributed by atoms with Crippen molar-refractivity contribution in [1.29, 1.82) is 0 Å². The molecular formula is C24H24N6O4. The third-order valence-corrected chi connectivity index (χ3v) is 6.05. The first-order chi connectivity index (χ1) is 16.5. The SMILES string of the molecule is Nc1nccc2c1n(-c1ccc(OCc3ccccc3)nc1)c(=O)n2C1CCCN(C(=O)O)C1. The Kier molecular flexibility index (Phi) is 5.62. The van der Waals surface area contributed by atoms with E-state index in [0.29, 0.717) is 48.6 Å². The highest BCUT2D eigenvalue weighted by Gasteiger charge is 2.29. The lowest BCUT2D eigenvalue weighted by Crippen LogP contribution is -2.42. The maximum absolute atomic E-state index is 13.6. The highest BCUT2D eigenvalue weighted by Crippen LogP contribution is 2.28. The number of pyridine rings is 2. The molecule has 1 unspecified atom stereocenters. The molecule has 1 fully saturated rings. The quantitative estimate of drug-likeness (QED) is 0.468. The molecule has 1 aromatic carbocycles. The molecule has 34 heavy (non-hydrogen) atoms. The number of carboxylic acid groups (broad SMARTS) is 1. The Balaban J connectivity index is 1.51. The summed E-state index contributed by atoms with van der Waals surface area (Å²) >= 11 is 0. The zero-order valence-corrected chi connectivity index (χ0v) is 18.4. The van der Waals surface area contributed by atoms with E-state index in [2.05, 4.69) is 9.97 Å². The highest BCUT2D eigenvalue weighted by molar-refractivity contribution is 5.87. The van der Waals surface area contributed by atoms with Crippen LogP contribution < -0.4 is 16.2 Å². The Morgan fingerprint density at radius 2 is 1.97 bits per heavy atom. The van der Waals surface area contributed by atoms with Gasteiger partial charge < -0.3 is 20.5 Å². The van der Waals surface area contributed by atoms with Gasteiger partial charge in [-0.2, -0.15) is 0 Å². The van der Waals surface area contributed by atoms with Crippen molar-refractivity contribution in [2.45, 2.75) is 25.5 Å². The van der Waals surface area contributed by atoms with Crippen LogP contribution in [0, 0.1) is 0 Å². The number of rotatable bonds is 5. The van der Waals surface area contributed by atoms with Crippen LogP contribution in [0.4, 0.5) is 10.6 Å². The molecule has 0 radical (unpaired) electrons. The third kappa shape index (κ3) is 3.94. The number of piperidine rings is 1. The molecule has 3 aromatic heterocycles. The summed E-state index contributed by atoms with van der Waals surface area (Å²) in [5, 5.41) is 9.44. The molecule has 4 aromatic rings. The van der Waals surface area contributed by atoms with E-state index in [0.717, 1.165) is 5.56 Å². The Labute approximate surface area is 194 Å². The van der Waals surface area contributed by atoms with Crippen LogP contribution in [0.25, 0.3) is 16.7 Å². The standard InChI is InChI=1S/C24H24N6O4/c25-22-21-19(10-11-26-22)29(18-7-4-12-28(14-18)24(32)33)23(31)30(21)17-8-9-20(27-13-17)34-15-16-5-2-1-3-6-16/h1-3,5-6,8-11,13,18H,4,7,12,14-15H2,(H2,25,26)(H,32,33). The van der Waals surface area contributed by atoms with Crippen molar-refractivity contribution in [1.82, 2.24) is 24.0 Å². The summed E-state index contributed by atoms with van der Waals surface area (Å²) in [5.74, 6) is 0.642. The van der Waals surface area contributed by atoms with E-state index in [9.17, 15) is 14.7 Å². The van der Waals surface area contributed by atoms with Crippen molar-refractivity contribution in [3.8, 4) is 11.6 Å². The fraction of sp³-hybridized carbons (Fsp3) is 0.250. The average Bonchev–Trinajstić information content (AvgIpc) is 3.17. The number of amides is 1. The lowest BCUT2D eigenvalue weighted by molar-refractivity contribution is 0.121. The van der Waals surface area contributed by atoms with E-state index in [1.165, 1.54) is 9.47 Å². The van der Waals surface area contributed by atoms with Crippen molar-refractivity contribution in [2.24, 2.45) is 0 Å². The summed E-state index contributed by atoms with van der Waals surface area (Å²) in [6, 6.07) is 14.6. The van der Waals surface area contributed by atoms with Gasteiger partial charge in [-0.05, 0) is 30.5 Å². The Morgan fingerprint density at radius 1 is 1.15 bits per heavy atom. The summed E-state index contributed by atoms with van der Waals surface area (Å²) in [6.07, 6.45) is 3.48. The van der Waals surface area contributed by atoms with Crippen molar-refractivity contribution in [2.75, 3.05) is 18.8 Å². The fourth-order valence-electron chi connectivity index (χ4n) is 4.44. The van der Waals surface area contributed by atoms with Gasteiger partial charge in [-0.3, -0.25) is 9.13 Å². The Bertz CT molecular complexity index is 1380. The molecule has 0 bridgehead atoms. The van der Waals surface area contributed by atoms with E-state index in [1.54, 1.807) is 35.2 Å². The molecule has 1 atom stereocenters. The van der Waals surface area contributed by atoms with Gasteiger partial charge in [0.25, 0.3) is 0 Å². The zero-order chi connectivity index (χ0) is 23.7. The monoisotopic (exact) mass is 460 g/mol. The minimum atomic E-state index is -0.988. The van der Waals surface area contributed by atoms with Crippen molar-refractivity contribution in [3.63, 3.8) is 0 Å². The van der Waals surface area contributed by atoms with Gasteiger partial charge in [-0.1, -0.05) is 30.3 Å². The number of ether oxygens (including phenoxy) is 1. The van der Waals surface area contributed by atoms with Crippen molar-refractivity contribution >= 4 is 22.9 Å². The first-order valence-electron chi connectivity index (χ1n) is 11.0. The van der Waals surface area contributed by atoms with Gasteiger partial charge in [0.15, 0.2) is 0 Å². The molecule has 1 aliphatic heterocycles. The molecule has 5 rings (SSSR count). The number of hydrogen-bond donors (Lipinski definition) is 2. The number of benzene rings is 1. The molecule has 1 amide bonds. The molecular weight excluding hydrogens is 436 g/mol. The lowest BCUT2D eigenvalue weighted by Gasteiger charge is -2.31. The molecule has 0 aliphatic carbocycles. The molecule has 0 spiro atoms. The summed E-state index contributed by atoms with van der Waals surface area (Å²) < 4.78 is 8.86. The lowest BCUT2D eigenvalue weighted by atomic mass is 10.1.